The molecule has 1 aliphatic heterocycles. The van der Waals surface area contributed by atoms with Gasteiger partial charge in [-0.2, -0.15) is 0 Å². The Morgan fingerprint density at radius 3 is 2.76 bits per heavy atom. The highest BCUT2D eigenvalue weighted by atomic mass is 16.6. The molecule has 1 atom stereocenters. The second-order valence-electron chi connectivity index (χ2n) is 4.55. The molecular formula is C13H18N2O2. The number of aryl methyl sites for hydroxylation is 1. The van der Waals surface area contributed by atoms with E-state index in [9.17, 15) is 4.79 Å². The van der Waals surface area contributed by atoms with Gasteiger partial charge in [-0.25, -0.2) is 5.90 Å². The molecule has 1 fully saturated rings. The molecule has 1 aromatic rings. The second kappa shape index (κ2) is 5.29. The molecule has 1 heterocycles. The van der Waals surface area contributed by atoms with Crippen molar-refractivity contribution in [1.82, 2.24) is 4.90 Å². The summed E-state index contributed by atoms with van der Waals surface area (Å²) in [6.07, 6.45) is 1.28. The molecule has 0 saturated carbocycles. The minimum Gasteiger partial charge on any atom is -0.340 e. The molecule has 0 spiro atoms. The first-order chi connectivity index (χ1) is 8.19. The molecule has 1 amide bonds. The number of nitrogens with two attached hydrogens (primary N) is 1. The van der Waals surface area contributed by atoms with Gasteiger partial charge in [0.05, 0.1) is 12.5 Å². The molecule has 17 heavy (non-hydrogen) atoms. The van der Waals surface area contributed by atoms with E-state index in [0.29, 0.717) is 13.0 Å². The number of amides is 1. The summed E-state index contributed by atoms with van der Waals surface area (Å²) in [5.41, 5.74) is 2.26. The van der Waals surface area contributed by atoms with Crippen molar-refractivity contribution in [3.8, 4) is 0 Å². The summed E-state index contributed by atoms with van der Waals surface area (Å²) >= 11 is 0. The Kier molecular flexibility index (Phi) is 3.76. The van der Waals surface area contributed by atoms with Crippen LogP contribution in [0.4, 0.5) is 0 Å². The van der Waals surface area contributed by atoms with Gasteiger partial charge >= 0.3 is 0 Å². The first-order valence-corrected chi connectivity index (χ1v) is 5.88. The lowest BCUT2D eigenvalue weighted by Crippen LogP contribution is -2.32. The Balaban J connectivity index is 1.91. The van der Waals surface area contributed by atoms with Crippen LogP contribution in [-0.2, 0) is 16.1 Å². The molecule has 0 aliphatic carbocycles. The summed E-state index contributed by atoms with van der Waals surface area (Å²) in [6.45, 7) is 3.39. The molecule has 0 bridgehead atoms. The standard InChI is InChI=1S/C13H18N2O2/c1-10-2-4-11(5-3-10)8-13(16)15-7-6-12(9-15)17-14/h2-5,12H,6-9,14H2,1H3. The minimum absolute atomic E-state index is 0.00281. The Morgan fingerprint density at radius 2 is 2.18 bits per heavy atom. The molecule has 1 aromatic carbocycles. The van der Waals surface area contributed by atoms with Crippen LogP contribution in [0, 0.1) is 6.92 Å². The average molecular weight is 234 g/mol. The fourth-order valence-electron chi connectivity index (χ4n) is 2.06. The van der Waals surface area contributed by atoms with Gasteiger partial charge in [0.15, 0.2) is 0 Å². The van der Waals surface area contributed by atoms with Crippen LogP contribution in [0.2, 0.25) is 0 Å². The predicted molar refractivity (Wildman–Crippen MR) is 65.1 cm³/mol. The third-order valence-corrected chi connectivity index (χ3v) is 3.17. The maximum atomic E-state index is 12.0. The van der Waals surface area contributed by atoms with E-state index in [1.807, 2.05) is 36.1 Å². The van der Waals surface area contributed by atoms with E-state index in [1.54, 1.807) is 0 Å². The van der Waals surface area contributed by atoms with Gasteiger partial charge < -0.3 is 4.90 Å². The topological polar surface area (TPSA) is 55.6 Å². The van der Waals surface area contributed by atoms with Crippen LogP contribution in [0.1, 0.15) is 17.5 Å². The fraction of sp³-hybridized carbons (Fsp3) is 0.462. The average Bonchev–Trinajstić information content (AvgIpc) is 2.81. The molecule has 1 unspecified atom stereocenters. The number of hydrogen-bond acceptors (Lipinski definition) is 3. The van der Waals surface area contributed by atoms with Crippen molar-refractivity contribution < 1.29 is 9.63 Å². The van der Waals surface area contributed by atoms with Gasteiger partial charge in [-0.15, -0.1) is 0 Å². The molecule has 4 nitrogen and oxygen atoms in total. The van der Waals surface area contributed by atoms with E-state index in [0.717, 1.165) is 18.5 Å². The first-order valence-electron chi connectivity index (χ1n) is 5.88. The Bertz CT molecular complexity index is 389. The summed E-state index contributed by atoms with van der Waals surface area (Å²) in [5, 5.41) is 0. The van der Waals surface area contributed by atoms with Crippen LogP contribution in [0.25, 0.3) is 0 Å². The number of rotatable bonds is 3. The first kappa shape index (κ1) is 12.1. The summed E-state index contributed by atoms with van der Waals surface area (Å²) in [6, 6.07) is 8.05. The molecule has 2 N–H and O–H groups in total. The largest absolute Gasteiger partial charge is 0.340 e. The van der Waals surface area contributed by atoms with Crippen LogP contribution in [0.3, 0.4) is 0 Å². The zero-order chi connectivity index (χ0) is 12.3. The van der Waals surface area contributed by atoms with E-state index in [4.69, 9.17) is 10.7 Å². The van der Waals surface area contributed by atoms with E-state index in [1.165, 1.54) is 5.56 Å². The molecule has 4 heteroatoms. The van der Waals surface area contributed by atoms with Gasteiger partial charge in [0, 0.05) is 13.1 Å². The van der Waals surface area contributed by atoms with Gasteiger partial charge in [0.2, 0.25) is 5.91 Å². The smallest absolute Gasteiger partial charge is 0.227 e. The lowest BCUT2D eigenvalue weighted by atomic mass is 10.1. The quantitative estimate of drug-likeness (QED) is 0.795. The molecule has 92 valence electrons. The zero-order valence-corrected chi connectivity index (χ0v) is 10.1. The number of hydrogen-bond donors (Lipinski definition) is 1. The molecule has 0 radical (unpaired) electrons. The Hall–Kier alpha value is -1.39. The van der Waals surface area contributed by atoms with Crippen molar-refractivity contribution in [1.29, 1.82) is 0 Å². The number of benzene rings is 1. The van der Waals surface area contributed by atoms with Crippen molar-refractivity contribution in [3.63, 3.8) is 0 Å². The van der Waals surface area contributed by atoms with Gasteiger partial charge in [-0.3, -0.25) is 9.63 Å². The lowest BCUT2D eigenvalue weighted by molar-refractivity contribution is -0.129. The van der Waals surface area contributed by atoms with E-state index in [-0.39, 0.29) is 12.0 Å². The second-order valence-corrected chi connectivity index (χ2v) is 4.55. The SMILES string of the molecule is Cc1ccc(CC(=O)N2CCC(ON)C2)cc1. The Morgan fingerprint density at radius 1 is 1.47 bits per heavy atom. The minimum atomic E-state index is -0.00281. The van der Waals surface area contributed by atoms with Gasteiger partial charge in [0.25, 0.3) is 0 Å². The maximum absolute atomic E-state index is 12.0. The van der Waals surface area contributed by atoms with Crippen LogP contribution < -0.4 is 5.90 Å². The third-order valence-electron chi connectivity index (χ3n) is 3.17. The summed E-state index contributed by atoms with van der Waals surface area (Å²) in [7, 11) is 0. The van der Waals surface area contributed by atoms with Crippen molar-refractivity contribution >= 4 is 5.91 Å². The molecular weight excluding hydrogens is 216 g/mol. The Labute approximate surface area is 101 Å². The normalized spacial score (nSPS) is 19.6. The van der Waals surface area contributed by atoms with Crippen LogP contribution in [-0.4, -0.2) is 30.0 Å². The highest BCUT2D eigenvalue weighted by molar-refractivity contribution is 5.79. The molecule has 1 saturated heterocycles. The lowest BCUT2D eigenvalue weighted by Gasteiger charge is -2.15. The van der Waals surface area contributed by atoms with Crippen LogP contribution in [0.5, 0.6) is 0 Å². The van der Waals surface area contributed by atoms with Gasteiger partial charge in [-0.05, 0) is 18.9 Å². The predicted octanol–water partition coefficient (Wildman–Crippen LogP) is 1.03. The number of carbonyl (C=O) groups excluding carboxylic acids is 1. The highest BCUT2D eigenvalue weighted by Gasteiger charge is 2.26. The number of carbonyl (C=O) groups is 1. The third kappa shape index (κ3) is 3.05. The summed E-state index contributed by atoms with van der Waals surface area (Å²) in [4.78, 5) is 18.6. The molecule has 1 aliphatic rings. The zero-order valence-electron chi connectivity index (χ0n) is 10.1. The van der Waals surface area contributed by atoms with Crippen molar-refractivity contribution in [3.05, 3.63) is 35.4 Å². The number of nitrogens with zero attached hydrogens (tertiary/aromatic N) is 1. The van der Waals surface area contributed by atoms with Crippen molar-refractivity contribution in [2.24, 2.45) is 5.90 Å². The van der Waals surface area contributed by atoms with E-state index < -0.39 is 0 Å². The van der Waals surface area contributed by atoms with E-state index in [2.05, 4.69) is 0 Å². The number of likely N-dealkylation sites (tertiary alicyclic amines) is 1. The van der Waals surface area contributed by atoms with Crippen LogP contribution in [0.15, 0.2) is 24.3 Å². The van der Waals surface area contributed by atoms with Crippen molar-refractivity contribution in [2.45, 2.75) is 25.9 Å². The fourth-order valence-corrected chi connectivity index (χ4v) is 2.06. The molecule has 0 aromatic heterocycles. The van der Waals surface area contributed by atoms with Gasteiger partial charge in [0.1, 0.15) is 0 Å². The van der Waals surface area contributed by atoms with Gasteiger partial charge in [-0.1, -0.05) is 29.8 Å². The summed E-state index contributed by atoms with van der Waals surface area (Å²) in [5.74, 6) is 5.27. The monoisotopic (exact) mass is 234 g/mol. The van der Waals surface area contributed by atoms with Crippen LogP contribution >= 0.6 is 0 Å². The molecule has 2 rings (SSSR count). The maximum Gasteiger partial charge on any atom is 0.227 e. The highest BCUT2D eigenvalue weighted by Crippen LogP contribution is 2.13. The van der Waals surface area contributed by atoms with Crippen molar-refractivity contribution in [2.75, 3.05) is 13.1 Å². The summed E-state index contributed by atoms with van der Waals surface area (Å²) < 4.78 is 0. The van der Waals surface area contributed by atoms with E-state index >= 15 is 0 Å².